The highest BCUT2D eigenvalue weighted by atomic mass is 35.5. The number of nitrogens with one attached hydrogen (secondary N) is 1. The number of aromatic nitrogens is 3. The van der Waals surface area contributed by atoms with Gasteiger partial charge in [0.2, 0.25) is 0 Å². The number of fused-ring (bicyclic) bond motifs is 1. The van der Waals surface area contributed by atoms with Gasteiger partial charge in [-0.3, -0.25) is 9.67 Å². The Labute approximate surface area is 128 Å². The van der Waals surface area contributed by atoms with Crippen LogP contribution in [0, 0.1) is 0 Å². The van der Waals surface area contributed by atoms with E-state index in [1.165, 1.54) is 0 Å². The predicted octanol–water partition coefficient (Wildman–Crippen LogP) is 4.11. The summed E-state index contributed by atoms with van der Waals surface area (Å²) in [5.41, 5.74) is 3.04. The Morgan fingerprint density at radius 2 is 2.10 bits per heavy atom. The van der Waals surface area contributed by atoms with Crippen LogP contribution >= 0.6 is 11.6 Å². The number of rotatable bonds is 5. The number of halogens is 1. The predicted molar refractivity (Wildman–Crippen MR) is 86.6 cm³/mol. The molecule has 108 valence electrons. The van der Waals surface area contributed by atoms with Crippen LogP contribution in [0.1, 0.15) is 19.0 Å². The van der Waals surface area contributed by atoms with E-state index in [4.69, 9.17) is 11.6 Å². The van der Waals surface area contributed by atoms with Gasteiger partial charge in [-0.25, -0.2) is 0 Å². The minimum atomic E-state index is 0.716. The highest BCUT2D eigenvalue weighted by molar-refractivity contribution is 6.35. The van der Waals surface area contributed by atoms with Crippen LogP contribution in [-0.2, 0) is 13.1 Å². The summed E-state index contributed by atoms with van der Waals surface area (Å²) in [5, 5.41) is 9.45. The van der Waals surface area contributed by atoms with Gasteiger partial charge < -0.3 is 5.32 Å². The standard InChI is InChI=1S/C16H17ClN4/c1-2-10-21-12(7-9-20-21)11-19-15-6-5-14(17)13-4-3-8-18-16(13)15/h3-9,19H,2,10-11H2,1H3. The van der Waals surface area contributed by atoms with Crippen LogP contribution in [0.25, 0.3) is 10.9 Å². The van der Waals surface area contributed by atoms with Gasteiger partial charge in [0, 0.05) is 24.3 Å². The van der Waals surface area contributed by atoms with Gasteiger partial charge in [0.1, 0.15) is 0 Å². The maximum atomic E-state index is 6.21. The summed E-state index contributed by atoms with van der Waals surface area (Å²) in [6.07, 6.45) is 4.69. The Morgan fingerprint density at radius 1 is 1.19 bits per heavy atom. The molecule has 0 spiro atoms. The van der Waals surface area contributed by atoms with Crippen LogP contribution in [0.2, 0.25) is 5.02 Å². The van der Waals surface area contributed by atoms with E-state index in [1.807, 2.05) is 41.2 Å². The molecule has 3 aromatic rings. The van der Waals surface area contributed by atoms with Crippen molar-refractivity contribution < 1.29 is 0 Å². The number of hydrogen-bond donors (Lipinski definition) is 1. The van der Waals surface area contributed by atoms with E-state index in [2.05, 4.69) is 22.3 Å². The van der Waals surface area contributed by atoms with E-state index in [0.29, 0.717) is 6.54 Å². The van der Waals surface area contributed by atoms with Crippen LogP contribution < -0.4 is 5.32 Å². The zero-order valence-electron chi connectivity index (χ0n) is 11.9. The molecule has 0 saturated carbocycles. The first-order valence-corrected chi connectivity index (χ1v) is 7.45. The van der Waals surface area contributed by atoms with Crippen LogP contribution in [0.5, 0.6) is 0 Å². The summed E-state index contributed by atoms with van der Waals surface area (Å²) in [4.78, 5) is 4.43. The minimum absolute atomic E-state index is 0.716. The third-order valence-electron chi connectivity index (χ3n) is 3.42. The normalized spacial score (nSPS) is 11.0. The molecule has 1 N–H and O–H groups in total. The fourth-order valence-corrected chi connectivity index (χ4v) is 2.61. The summed E-state index contributed by atoms with van der Waals surface area (Å²) < 4.78 is 2.03. The molecule has 4 nitrogen and oxygen atoms in total. The first kappa shape index (κ1) is 13.9. The Hall–Kier alpha value is -2.07. The minimum Gasteiger partial charge on any atom is -0.378 e. The Kier molecular flexibility index (Phi) is 4.06. The molecule has 21 heavy (non-hydrogen) atoms. The van der Waals surface area contributed by atoms with Gasteiger partial charge in [-0.2, -0.15) is 5.10 Å². The molecule has 0 atom stereocenters. The lowest BCUT2D eigenvalue weighted by Gasteiger charge is -2.11. The van der Waals surface area contributed by atoms with Crippen LogP contribution in [0.4, 0.5) is 5.69 Å². The van der Waals surface area contributed by atoms with Crippen molar-refractivity contribution in [2.24, 2.45) is 0 Å². The fraction of sp³-hybridized carbons (Fsp3) is 0.250. The fourth-order valence-electron chi connectivity index (χ4n) is 2.39. The van der Waals surface area contributed by atoms with Gasteiger partial charge in [0.25, 0.3) is 0 Å². The van der Waals surface area contributed by atoms with Gasteiger partial charge >= 0.3 is 0 Å². The van der Waals surface area contributed by atoms with Crippen LogP contribution in [0.3, 0.4) is 0 Å². The van der Waals surface area contributed by atoms with Crippen molar-refractivity contribution in [1.29, 1.82) is 0 Å². The van der Waals surface area contributed by atoms with E-state index in [0.717, 1.165) is 40.3 Å². The topological polar surface area (TPSA) is 42.7 Å². The Bertz CT molecular complexity index is 751. The smallest absolute Gasteiger partial charge is 0.0948 e. The second kappa shape index (κ2) is 6.14. The maximum absolute atomic E-state index is 6.21. The summed E-state index contributed by atoms with van der Waals surface area (Å²) in [5.74, 6) is 0. The van der Waals surface area contributed by atoms with Crippen LogP contribution in [-0.4, -0.2) is 14.8 Å². The molecule has 0 unspecified atom stereocenters. The van der Waals surface area contributed by atoms with Gasteiger partial charge in [0.15, 0.2) is 0 Å². The number of hydrogen-bond acceptors (Lipinski definition) is 3. The van der Waals surface area contributed by atoms with E-state index < -0.39 is 0 Å². The van der Waals surface area contributed by atoms with E-state index in [-0.39, 0.29) is 0 Å². The first-order valence-electron chi connectivity index (χ1n) is 7.07. The van der Waals surface area contributed by atoms with Gasteiger partial charge in [-0.15, -0.1) is 0 Å². The molecule has 0 radical (unpaired) electrons. The number of nitrogens with zero attached hydrogens (tertiary/aromatic N) is 3. The van der Waals surface area contributed by atoms with Crippen molar-refractivity contribution in [2.45, 2.75) is 26.4 Å². The van der Waals surface area contributed by atoms with Crippen molar-refractivity contribution in [2.75, 3.05) is 5.32 Å². The average Bonchev–Trinajstić information content (AvgIpc) is 2.95. The lowest BCUT2D eigenvalue weighted by Crippen LogP contribution is -2.09. The molecule has 0 amide bonds. The third-order valence-corrected chi connectivity index (χ3v) is 3.75. The number of aryl methyl sites for hydroxylation is 1. The molecule has 2 heterocycles. The first-order chi connectivity index (χ1) is 10.3. The molecule has 0 saturated heterocycles. The zero-order valence-corrected chi connectivity index (χ0v) is 12.6. The summed E-state index contributed by atoms with van der Waals surface area (Å²) in [7, 11) is 0. The van der Waals surface area contributed by atoms with Gasteiger partial charge in [-0.1, -0.05) is 18.5 Å². The molecular weight excluding hydrogens is 284 g/mol. The maximum Gasteiger partial charge on any atom is 0.0948 e. The quantitative estimate of drug-likeness (QED) is 0.771. The number of anilines is 1. The lowest BCUT2D eigenvalue weighted by atomic mass is 10.2. The van der Waals surface area contributed by atoms with Gasteiger partial charge in [-0.05, 0) is 36.8 Å². The molecule has 0 aliphatic carbocycles. The third kappa shape index (κ3) is 2.85. The molecule has 1 aromatic carbocycles. The highest BCUT2D eigenvalue weighted by Crippen LogP contribution is 2.28. The number of benzene rings is 1. The van der Waals surface area contributed by atoms with Crippen molar-refractivity contribution in [1.82, 2.24) is 14.8 Å². The van der Waals surface area contributed by atoms with Crippen molar-refractivity contribution >= 4 is 28.2 Å². The SMILES string of the molecule is CCCn1nccc1CNc1ccc(Cl)c2cccnc12. The highest BCUT2D eigenvalue weighted by Gasteiger charge is 2.07. The number of pyridine rings is 1. The molecule has 0 bridgehead atoms. The largest absolute Gasteiger partial charge is 0.378 e. The Morgan fingerprint density at radius 3 is 2.95 bits per heavy atom. The Balaban J connectivity index is 1.85. The molecule has 0 aliphatic rings. The average molecular weight is 301 g/mol. The molecule has 0 fully saturated rings. The molecule has 5 heteroatoms. The van der Waals surface area contributed by atoms with Crippen molar-refractivity contribution in [3.63, 3.8) is 0 Å². The van der Waals surface area contributed by atoms with E-state index in [1.54, 1.807) is 6.20 Å². The van der Waals surface area contributed by atoms with E-state index >= 15 is 0 Å². The second-order valence-electron chi connectivity index (χ2n) is 4.89. The second-order valence-corrected chi connectivity index (χ2v) is 5.30. The summed E-state index contributed by atoms with van der Waals surface area (Å²) in [6, 6.07) is 9.79. The van der Waals surface area contributed by atoms with Crippen molar-refractivity contribution in [3.8, 4) is 0 Å². The van der Waals surface area contributed by atoms with Gasteiger partial charge in [0.05, 0.1) is 28.5 Å². The summed E-state index contributed by atoms with van der Waals surface area (Å²) >= 11 is 6.21. The summed E-state index contributed by atoms with van der Waals surface area (Å²) in [6.45, 7) is 3.80. The van der Waals surface area contributed by atoms with E-state index in [9.17, 15) is 0 Å². The molecule has 3 rings (SSSR count). The lowest BCUT2D eigenvalue weighted by molar-refractivity contribution is 0.578. The van der Waals surface area contributed by atoms with Crippen LogP contribution in [0.15, 0.2) is 42.7 Å². The molecule has 2 aromatic heterocycles. The monoisotopic (exact) mass is 300 g/mol. The zero-order chi connectivity index (χ0) is 14.7. The van der Waals surface area contributed by atoms with Crippen molar-refractivity contribution in [3.05, 3.63) is 53.4 Å². The molecular formula is C16H17ClN4. The molecule has 0 aliphatic heterocycles.